The van der Waals surface area contributed by atoms with E-state index in [4.69, 9.17) is 18.9 Å². The Kier molecular flexibility index (Phi) is 12.1. The van der Waals surface area contributed by atoms with Gasteiger partial charge in [-0.2, -0.15) is 0 Å². The number of fused-ring (bicyclic) bond motifs is 5. The fraction of sp³-hybridized carbons (Fsp3) is 0.949. The van der Waals surface area contributed by atoms with Crippen LogP contribution in [0.3, 0.4) is 0 Å². The molecule has 0 amide bonds. The van der Waals surface area contributed by atoms with Gasteiger partial charge in [0.25, 0.3) is 0 Å². The maximum Gasteiger partial charge on any atom is 0.187 e. The van der Waals surface area contributed by atoms with Gasteiger partial charge in [0.2, 0.25) is 0 Å². The van der Waals surface area contributed by atoms with Crippen LogP contribution in [-0.2, 0) is 18.9 Å². The van der Waals surface area contributed by atoms with Gasteiger partial charge in [-0.25, -0.2) is 0 Å². The van der Waals surface area contributed by atoms with Gasteiger partial charge in [0, 0.05) is 0 Å². The van der Waals surface area contributed by atoms with Gasteiger partial charge < -0.3 is 54.7 Å². The number of allylic oxidation sites excluding steroid dienone is 1. The highest BCUT2D eigenvalue weighted by atomic mass is 16.7. The average Bonchev–Trinajstić information content (AvgIpc) is 3.45. The highest BCUT2D eigenvalue weighted by Crippen LogP contribution is 2.67. The molecule has 2 saturated heterocycles. The summed E-state index contributed by atoms with van der Waals surface area (Å²) in [6.07, 6.45) is 0.703. The van der Waals surface area contributed by atoms with Crippen molar-refractivity contribution >= 4 is 0 Å². The Morgan fingerprint density at radius 3 is 2.14 bits per heavy atom. The molecule has 18 atom stereocenters. The summed E-state index contributed by atoms with van der Waals surface area (Å²) >= 11 is 0. The smallest absolute Gasteiger partial charge is 0.187 e. The summed E-state index contributed by atoms with van der Waals surface area (Å²) in [4.78, 5) is 0. The maximum atomic E-state index is 11.1. The number of hydrogen-bond acceptors (Lipinski definition) is 11. The molecule has 2 heterocycles. The molecule has 6 aliphatic rings. The molecule has 0 aromatic rings. The molecule has 3 saturated carbocycles. The molecule has 1 unspecified atom stereocenters. The van der Waals surface area contributed by atoms with Crippen molar-refractivity contribution in [2.75, 3.05) is 13.2 Å². The zero-order valence-electron chi connectivity index (χ0n) is 30.8. The van der Waals surface area contributed by atoms with Crippen LogP contribution in [0.2, 0.25) is 0 Å². The predicted molar refractivity (Wildman–Crippen MR) is 184 cm³/mol. The van der Waals surface area contributed by atoms with Gasteiger partial charge in [-0.1, -0.05) is 65.5 Å². The van der Waals surface area contributed by atoms with Crippen molar-refractivity contribution in [2.24, 2.45) is 46.3 Å². The van der Waals surface area contributed by atoms with Gasteiger partial charge in [-0.15, -0.1) is 0 Å². The van der Waals surface area contributed by atoms with Gasteiger partial charge in [-0.05, 0) is 97.7 Å². The second kappa shape index (κ2) is 15.6. The van der Waals surface area contributed by atoms with E-state index in [1.807, 2.05) is 0 Å². The third kappa shape index (κ3) is 7.12. The molecule has 0 aromatic carbocycles. The van der Waals surface area contributed by atoms with Crippen LogP contribution < -0.4 is 0 Å². The maximum absolute atomic E-state index is 11.1. The van der Waals surface area contributed by atoms with Crippen LogP contribution in [0.25, 0.3) is 0 Å². The summed E-state index contributed by atoms with van der Waals surface area (Å²) < 4.78 is 23.4. The van der Waals surface area contributed by atoms with E-state index in [1.165, 1.54) is 50.5 Å². The fourth-order valence-electron chi connectivity index (χ4n) is 11.6. The molecule has 6 rings (SSSR count). The molecule has 0 bridgehead atoms. The second-order valence-electron chi connectivity index (χ2n) is 17.8. The first-order valence-electron chi connectivity index (χ1n) is 19.7. The highest BCUT2D eigenvalue weighted by Gasteiger charge is 2.59. The first kappa shape index (κ1) is 39.0. The number of aliphatic hydroxyl groups excluding tert-OH is 7. The molecule has 0 radical (unpaired) electrons. The molecular weight excluding hydrogens is 644 g/mol. The number of aliphatic hydroxyl groups is 7. The lowest BCUT2D eigenvalue weighted by molar-refractivity contribution is -0.363. The van der Waals surface area contributed by atoms with Crippen LogP contribution in [0.4, 0.5) is 0 Å². The van der Waals surface area contributed by atoms with Gasteiger partial charge in [0.05, 0.1) is 19.3 Å². The van der Waals surface area contributed by atoms with Crippen molar-refractivity contribution in [3.8, 4) is 0 Å². The summed E-state index contributed by atoms with van der Waals surface area (Å²) in [6, 6.07) is 0. The van der Waals surface area contributed by atoms with Crippen molar-refractivity contribution in [2.45, 2.75) is 173 Å². The average molecular weight is 711 g/mol. The number of ether oxygens (including phenoxy) is 4. The van der Waals surface area contributed by atoms with E-state index in [9.17, 15) is 35.7 Å². The number of rotatable bonds is 11. The molecule has 288 valence electrons. The molecule has 0 aromatic heterocycles. The number of hydrogen-bond donors (Lipinski definition) is 7. The summed E-state index contributed by atoms with van der Waals surface area (Å²) in [5.74, 6) is 4.55. The quantitative estimate of drug-likeness (QED) is 0.157. The van der Waals surface area contributed by atoms with E-state index in [1.54, 1.807) is 0 Å². The predicted octanol–water partition coefficient (Wildman–Crippen LogP) is 3.04. The largest absolute Gasteiger partial charge is 0.394 e. The molecule has 0 spiro atoms. The molecule has 7 N–H and O–H groups in total. The zero-order chi connectivity index (χ0) is 36.1. The minimum absolute atomic E-state index is 0.120. The molecule has 5 fully saturated rings. The van der Waals surface area contributed by atoms with Crippen LogP contribution in [0, 0.1) is 46.3 Å². The standard InChI is InChI=1S/C39H66O11/c1-20(2)7-6-8-21(3)25-11-12-26-24-10-9-22-17-23(13-15-38(22,4)27(24)14-16-39(25,26)5)47-36-34(46)32(44)35(29(19-41)49-36)50-37-33(45)31(43)30(42)28(18-40)48-37/h9,20-21,23-37,40-46H,6-8,10-19H2,1-5H3/t21-,23+,24+,25-,26+,27+,28-,29-,30-,31+,32-,33-,34-,35-,36?,37-,38+,39-/m1/s1. The first-order chi connectivity index (χ1) is 23.7. The summed E-state index contributed by atoms with van der Waals surface area (Å²) in [5.41, 5.74) is 1.99. The van der Waals surface area contributed by atoms with Crippen molar-refractivity contribution in [3.05, 3.63) is 11.6 Å². The SMILES string of the molecule is CC(C)CCC[C@@H](C)[C@H]1CC[C@H]2[C@@H]3CC=C4C[C@@H](OC5O[C@H](CO)[C@@H](O[C@H]6O[C@H](CO)[C@@H](O)[C@H](O)[C@H]6O)[C@H](O)[C@H]5O)CC[C@]4(C)[C@H]3CC[C@]12C. The van der Waals surface area contributed by atoms with E-state index < -0.39 is 74.6 Å². The van der Waals surface area contributed by atoms with Gasteiger partial charge in [-0.3, -0.25) is 0 Å². The van der Waals surface area contributed by atoms with Crippen LogP contribution in [0.5, 0.6) is 0 Å². The second-order valence-corrected chi connectivity index (χ2v) is 17.8. The molecule has 4 aliphatic carbocycles. The lowest BCUT2D eigenvalue weighted by Crippen LogP contribution is -2.65. The monoisotopic (exact) mass is 710 g/mol. The Labute approximate surface area is 298 Å². The minimum atomic E-state index is -1.71. The Bertz CT molecular complexity index is 1160. The molecule has 50 heavy (non-hydrogen) atoms. The Balaban J connectivity index is 1.07. The topological polar surface area (TPSA) is 179 Å². The third-order valence-electron chi connectivity index (χ3n) is 14.5. The van der Waals surface area contributed by atoms with Crippen molar-refractivity contribution < 1.29 is 54.7 Å². The van der Waals surface area contributed by atoms with Crippen LogP contribution >= 0.6 is 0 Å². The van der Waals surface area contributed by atoms with E-state index in [-0.39, 0.29) is 11.5 Å². The first-order valence-corrected chi connectivity index (χ1v) is 19.7. The summed E-state index contributed by atoms with van der Waals surface area (Å²) in [5, 5.41) is 72.6. The third-order valence-corrected chi connectivity index (χ3v) is 14.5. The van der Waals surface area contributed by atoms with Crippen molar-refractivity contribution in [3.63, 3.8) is 0 Å². The normalized spacial score (nSPS) is 49.9. The molecule has 11 nitrogen and oxygen atoms in total. The van der Waals surface area contributed by atoms with E-state index in [2.05, 4.69) is 40.7 Å². The highest BCUT2D eigenvalue weighted by molar-refractivity contribution is 5.25. The molecular formula is C39H66O11. The lowest BCUT2D eigenvalue weighted by atomic mass is 9.47. The molecule has 11 heteroatoms. The Hall–Kier alpha value is -0.700. The van der Waals surface area contributed by atoms with Crippen molar-refractivity contribution in [1.29, 1.82) is 0 Å². The van der Waals surface area contributed by atoms with Gasteiger partial charge in [0.1, 0.15) is 48.8 Å². The van der Waals surface area contributed by atoms with E-state index in [0.29, 0.717) is 11.3 Å². The molecule has 2 aliphatic heterocycles. The van der Waals surface area contributed by atoms with Crippen LogP contribution in [-0.4, -0.2) is 116 Å². The zero-order valence-corrected chi connectivity index (χ0v) is 30.8. The summed E-state index contributed by atoms with van der Waals surface area (Å²) in [6.45, 7) is 11.0. The lowest BCUT2D eigenvalue weighted by Gasteiger charge is -2.58. The van der Waals surface area contributed by atoms with Crippen molar-refractivity contribution in [1.82, 2.24) is 0 Å². The Morgan fingerprint density at radius 1 is 0.760 bits per heavy atom. The minimum Gasteiger partial charge on any atom is -0.394 e. The van der Waals surface area contributed by atoms with E-state index >= 15 is 0 Å². The summed E-state index contributed by atoms with van der Waals surface area (Å²) in [7, 11) is 0. The fourth-order valence-corrected chi connectivity index (χ4v) is 11.6. The van der Waals surface area contributed by atoms with Crippen LogP contribution in [0.1, 0.15) is 105 Å². The van der Waals surface area contributed by atoms with E-state index in [0.717, 1.165) is 55.3 Å². The van der Waals surface area contributed by atoms with Gasteiger partial charge >= 0.3 is 0 Å². The Morgan fingerprint density at radius 2 is 1.44 bits per heavy atom. The van der Waals surface area contributed by atoms with Crippen LogP contribution in [0.15, 0.2) is 11.6 Å². The van der Waals surface area contributed by atoms with Gasteiger partial charge in [0.15, 0.2) is 12.6 Å².